The number of unbranched alkanes of at least 4 members (excludes halogenated alkanes) is 25. The van der Waals surface area contributed by atoms with Gasteiger partial charge in [0.25, 0.3) is 0 Å². The van der Waals surface area contributed by atoms with Gasteiger partial charge in [0.15, 0.2) is 0 Å². The number of hydrogen-bond donors (Lipinski definition) is 0. The summed E-state index contributed by atoms with van der Waals surface area (Å²) in [4.78, 5) is 11.2. The highest BCUT2D eigenvalue weighted by Crippen LogP contribution is 2.26. The van der Waals surface area contributed by atoms with Crippen molar-refractivity contribution in [2.24, 2.45) is 9.98 Å². The van der Waals surface area contributed by atoms with Crippen LogP contribution in [0.2, 0.25) is 0 Å². The number of aliphatic imine (C=N–C) groups is 2. The maximum absolute atomic E-state index is 5.60. The zero-order valence-electron chi connectivity index (χ0n) is 41.0. The van der Waals surface area contributed by atoms with Gasteiger partial charge in [-0.3, -0.25) is 4.99 Å². The first-order valence-electron chi connectivity index (χ1n) is 26.6. The number of allylic oxidation sites excluding steroid dienone is 2. The van der Waals surface area contributed by atoms with Crippen molar-refractivity contribution in [1.29, 1.82) is 0 Å². The Bertz CT molecular complexity index is 1340. The zero-order valence-corrected chi connectivity index (χ0v) is 41.0. The van der Waals surface area contributed by atoms with Gasteiger partial charge in [-0.25, -0.2) is 4.99 Å². The monoisotopic (exact) mass is 823 g/mol. The molecule has 0 aliphatic rings. The fourth-order valence-corrected chi connectivity index (χ4v) is 8.53. The first-order valence-corrected chi connectivity index (χ1v) is 26.6. The second-order valence-electron chi connectivity index (χ2n) is 18.5. The molecule has 0 atom stereocenters. The quantitative estimate of drug-likeness (QED) is 0.0472. The van der Waals surface area contributed by atoms with Crippen LogP contribution in [0.15, 0.2) is 58.5 Å². The van der Waals surface area contributed by atoms with Crippen LogP contribution < -0.4 is 0 Å². The molecule has 0 radical (unpaired) electrons. The van der Waals surface area contributed by atoms with Crippen molar-refractivity contribution in [1.82, 2.24) is 0 Å². The summed E-state index contributed by atoms with van der Waals surface area (Å²) >= 11 is 0. The van der Waals surface area contributed by atoms with Crippen molar-refractivity contribution in [3.05, 3.63) is 70.8 Å². The van der Waals surface area contributed by atoms with E-state index in [0.717, 1.165) is 55.6 Å². The molecule has 2 heteroatoms. The van der Waals surface area contributed by atoms with E-state index in [-0.39, 0.29) is 0 Å². The lowest BCUT2D eigenvalue weighted by atomic mass is 10.00. The molecule has 60 heavy (non-hydrogen) atoms. The number of aryl methyl sites for hydroxylation is 4. The van der Waals surface area contributed by atoms with Gasteiger partial charge in [0.1, 0.15) is 0 Å². The highest BCUT2D eigenvalue weighted by atomic mass is 14.8. The van der Waals surface area contributed by atoms with Gasteiger partial charge >= 0.3 is 0 Å². The van der Waals surface area contributed by atoms with Gasteiger partial charge in [0.05, 0.1) is 22.8 Å². The minimum absolute atomic E-state index is 0.982. The van der Waals surface area contributed by atoms with E-state index in [0.29, 0.717) is 0 Å². The summed E-state index contributed by atoms with van der Waals surface area (Å²) < 4.78 is 0. The molecular formula is C58H98N2. The van der Waals surface area contributed by atoms with E-state index in [4.69, 9.17) is 9.98 Å². The molecule has 0 saturated carbocycles. The van der Waals surface area contributed by atoms with Crippen molar-refractivity contribution >= 4 is 22.8 Å². The summed E-state index contributed by atoms with van der Waals surface area (Å²) in [7, 11) is 0. The van der Waals surface area contributed by atoms with Crippen molar-refractivity contribution < 1.29 is 0 Å². The van der Waals surface area contributed by atoms with Gasteiger partial charge in [-0.2, -0.15) is 0 Å². The van der Waals surface area contributed by atoms with Crippen molar-refractivity contribution in [2.75, 3.05) is 0 Å². The third kappa shape index (κ3) is 27.5. The Morgan fingerprint density at radius 1 is 0.350 bits per heavy atom. The van der Waals surface area contributed by atoms with Crippen LogP contribution in [-0.4, -0.2) is 11.4 Å². The van der Waals surface area contributed by atoms with Crippen LogP contribution in [0.4, 0.5) is 11.4 Å². The standard InChI is InChI=1S/C58H98N2/c1-7-13-19-21-23-24-25-26-27-28-29-30-31-32-33-34-36-38-44-58(60-56-49-53(41-17-11-5)46-54(50-56)42-18-12-6)57(43-37-35-22-20-14-8-2)59-55-47-51(39-15-9-3)45-52(48-55)40-16-10-4/h38,44-50H,7-37,39-43H2,1-6H3. The first-order chi connectivity index (χ1) is 29.6. The molecule has 0 aliphatic carbocycles. The molecule has 2 aromatic rings. The molecule has 0 aromatic heterocycles. The molecule has 0 spiro atoms. The van der Waals surface area contributed by atoms with Crippen molar-refractivity contribution in [2.45, 2.75) is 273 Å². The van der Waals surface area contributed by atoms with Crippen LogP contribution in [-0.2, 0) is 25.7 Å². The van der Waals surface area contributed by atoms with E-state index >= 15 is 0 Å². The first kappa shape index (κ1) is 53.7. The Morgan fingerprint density at radius 3 is 1.03 bits per heavy atom. The second-order valence-corrected chi connectivity index (χ2v) is 18.5. The van der Waals surface area contributed by atoms with Crippen LogP contribution in [0.25, 0.3) is 0 Å². The van der Waals surface area contributed by atoms with Gasteiger partial charge in [-0.05, 0) is 130 Å². The largest absolute Gasteiger partial charge is 0.251 e. The summed E-state index contributed by atoms with van der Waals surface area (Å²) in [6, 6.07) is 14.5. The number of rotatable bonds is 40. The maximum atomic E-state index is 5.60. The average molecular weight is 823 g/mol. The average Bonchev–Trinajstić information content (AvgIpc) is 3.26. The van der Waals surface area contributed by atoms with Gasteiger partial charge in [0, 0.05) is 0 Å². The second kappa shape index (κ2) is 38.2. The lowest BCUT2D eigenvalue weighted by Gasteiger charge is -2.12. The Labute approximate surface area is 374 Å². The molecule has 0 bridgehead atoms. The van der Waals surface area contributed by atoms with E-state index in [2.05, 4.69) is 90.1 Å². The van der Waals surface area contributed by atoms with Crippen LogP contribution >= 0.6 is 0 Å². The van der Waals surface area contributed by atoms with Crippen molar-refractivity contribution in [3.63, 3.8) is 0 Å². The molecule has 2 nitrogen and oxygen atoms in total. The molecule has 0 N–H and O–H groups in total. The fourth-order valence-electron chi connectivity index (χ4n) is 8.53. The molecule has 0 saturated heterocycles. The van der Waals surface area contributed by atoms with Gasteiger partial charge in [-0.15, -0.1) is 0 Å². The summed E-state index contributed by atoms with van der Waals surface area (Å²) in [5.74, 6) is 0. The van der Waals surface area contributed by atoms with Crippen LogP contribution in [0.1, 0.15) is 269 Å². The summed E-state index contributed by atoms with van der Waals surface area (Å²) in [6.45, 7) is 13.8. The highest BCUT2D eigenvalue weighted by molar-refractivity contribution is 6.47. The van der Waals surface area contributed by atoms with E-state index < -0.39 is 0 Å². The smallest absolute Gasteiger partial charge is 0.0848 e. The Morgan fingerprint density at radius 2 is 0.667 bits per heavy atom. The minimum Gasteiger partial charge on any atom is -0.251 e. The summed E-state index contributed by atoms with van der Waals surface area (Å²) in [5, 5.41) is 0. The number of hydrogen-bond acceptors (Lipinski definition) is 2. The minimum atomic E-state index is 0.982. The van der Waals surface area contributed by atoms with Gasteiger partial charge in [0.2, 0.25) is 0 Å². The molecule has 340 valence electrons. The topological polar surface area (TPSA) is 24.7 Å². The molecule has 2 rings (SSSR count). The summed E-state index contributed by atoms with van der Waals surface area (Å²) in [5.41, 5.74) is 10.3. The Kier molecular flexibility index (Phi) is 34.2. The van der Waals surface area contributed by atoms with Crippen LogP contribution in [0.3, 0.4) is 0 Å². The van der Waals surface area contributed by atoms with Crippen LogP contribution in [0.5, 0.6) is 0 Å². The third-order valence-electron chi connectivity index (χ3n) is 12.4. The normalized spacial score (nSPS) is 12.4. The maximum Gasteiger partial charge on any atom is 0.0848 e. The Balaban J connectivity index is 2.28. The van der Waals surface area contributed by atoms with E-state index in [1.165, 1.54) is 221 Å². The predicted octanol–water partition coefficient (Wildman–Crippen LogP) is 19.9. The van der Waals surface area contributed by atoms with E-state index in [1.807, 2.05) is 0 Å². The molecular weight excluding hydrogens is 725 g/mol. The van der Waals surface area contributed by atoms with Gasteiger partial charge in [-0.1, -0.05) is 214 Å². The van der Waals surface area contributed by atoms with Gasteiger partial charge < -0.3 is 0 Å². The van der Waals surface area contributed by atoms with E-state index in [1.54, 1.807) is 0 Å². The van der Waals surface area contributed by atoms with E-state index in [9.17, 15) is 0 Å². The Hall–Kier alpha value is -2.48. The molecule has 0 fully saturated rings. The SMILES string of the molecule is CCCCCCCCCCCCCCCCCCC=CC(=Nc1cc(CCCC)cc(CCCC)c1)C(CCCCCCCC)=Nc1cc(CCCC)cc(CCCC)c1. The summed E-state index contributed by atoms with van der Waals surface area (Å²) in [6.07, 6.45) is 51.6. The number of benzene rings is 2. The highest BCUT2D eigenvalue weighted by Gasteiger charge is 2.11. The lowest BCUT2D eigenvalue weighted by molar-refractivity contribution is 0.530. The molecule has 0 amide bonds. The van der Waals surface area contributed by atoms with Crippen LogP contribution in [0, 0.1) is 0 Å². The fraction of sp³-hybridized carbons (Fsp3) is 0.724. The number of nitrogens with zero attached hydrogens (tertiary/aromatic N) is 2. The molecule has 2 aromatic carbocycles. The zero-order chi connectivity index (χ0) is 43.1. The van der Waals surface area contributed by atoms with Crippen molar-refractivity contribution in [3.8, 4) is 0 Å². The lowest BCUT2D eigenvalue weighted by Crippen LogP contribution is -2.12. The molecule has 0 unspecified atom stereocenters. The molecule has 0 aliphatic heterocycles. The third-order valence-corrected chi connectivity index (χ3v) is 12.4. The molecule has 0 heterocycles. The predicted molar refractivity (Wildman–Crippen MR) is 273 cm³/mol.